The van der Waals surface area contributed by atoms with Crippen LogP contribution in [0.5, 0.6) is 0 Å². The second kappa shape index (κ2) is 4.51. The van der Waals surface area contributed by atoms with E-state index in [9.17, 15) is 4.79 Å². The van der Waals surface area contributed by atoms with Crippen molar-refractivity contribution in [3.8, 4) is 0 Å². The number of hydrogen-bond acceptors (Lipinski definition) is 2. The predicted octanol–water partition coefficient (Wildman–Crippen LogP) is 1.40. The van der Waals surface area contributed by atoms with Crippen LogP contribution in [0, 0.1) is 0 Å². The summed E-state index contributed by atoms with van der Waals surface area (Å²) in [6, 6.07) is 11.3. The first-order valence-electron chi connectivity index (χ1n) is 3.71. The molecule has 1 aromatic carbocycles. The van der Waals surface area contributed by atoms with Gasteiger partial charge in [-0.1, -0.05) is 24.3 Å². The van der Waals surface area contributed by atoms with Gasteiger partial charge in [0, 0.05) is 5.39 Å². The second-order valence-corrected chi connectivity index (χ2v) is 2.55. The molecule has 0 fully saturated rings. The van der Waals surface area contributed by atoms with Gasteiger partial charge in [0.25, 0.3) is 0 Å². The molecule has 0 aliphatic heterocycles. The zero-order valence-electron chi connectivity index (χ0n) is 6.40. The van der Waals surface area contributed by atoms with Gasteiger partial charge in [-0.05, 0) is 12.1 Å². The van der Waals surface area contributed by atoms with Gasteiger partial charge in [-0.2, -0.15) is 0 Å². The fraction of sp³-hybridized carbons (Fsp3) is 0. The Kier molecular flexibility index (Phi) is 3.60. The van der Waals surface area contributed by atoms with Crippen molar-refractivity contribution in [2.45, 2.75) is 0 Å². The standard InChI is InChI=1S/C10H7NO.Na.H/c12-7-9-6-5-8-3-1-2-4-10(8)11-9;;/h1-7H;;. The third-order valence-corrected chi connectivity index (χ3v) is 1.74. The van der Waals surface area contributed by atoms with E-state index in [0.717, 1.165) is 17.2 Å². The summed E-state index contributed by atoms with van der Waals surface area (Å²) in [5.74, 6) is 0. The quantitative estimate of drug-likeness (QED) is 0.491. The van der Waals surface area contributed by atoms with Crippen LogP contribution in [-0.2, 0) is 0 Å². The van der Waals surface area contributed by atoms with Gasteiger partial charge in [0.15, 0.2) is 6.29 Å². The topological polar surface area (TPSA) is 30.0 Å². The average molecular weight is 181 g/mol. The van der Waals surface area contributed by atoms with Crippen molar-refractivity contribution >= 4 is 46.7 Å². The van der Waals surface area contributed by atoms with Crippen LogP contribution in [0.3, 0.4) is 0 Å². The van der Waals surface area contributed by atoms with Crippen molar-refractivity contribution in [3.05, 3.63) is 42.1 Å². The summed E-state index contributed by atoms with van der Waals surface area (Å²) in [4.78, 5) is 14.5. The van der Waals surface area contributed by atoms with Gasteiger partial charge in [0.05, 0.1) is 5.52 Å². The fourth-order valence-electron chi connectivity index (χ4n) is 1.15. The Morgan fingerprint density at radius 2 is 1.85 bits per heavy atom. The number of nitrogens with zero attached hydrogens (tertiary/aromatic N) is 1. The van der Waals surface area contributed by atoms with E-state index in [-0.39, 0.29) is 29.6 Å². The summed E-state index contributed by atoms with van der Waals surface area (Å²) in [7, 11) is 0. The number of fused-ring (bicyclic) bond motifs is 1. The number of aromatic nitrogens is 1. The normalized spacial score (nSPS) is 9.23. The molecule has 0 unspecified atom stereocenters. The fourth-order valence-corrected chi connectivity index (χ4v) is 1.15. The molecule has 0 aliphatic rings. The maximum absolute atomic E-state index is 10.4. The molecule has 0 N–H and O–H groups in total. The number of hydrogen-bond donors (Lipinski definition) is 0. The predicted molar refractivity (Wildman–Crippen MR) is 54.3 cm³/mol. The molecular weight excluding hydrogens is 173 g/mol. The Labute approximate surface area is 98.3 Å². The number of para-hydroxylation sites is 1. The zero-order valence-corrected chi connectivity index (χ0v) is 6.40. The van der Waals surface area contributed by atoms with Crippen LogP contribution in [0.4, 0.5) is 0 Å². The van der Waals surface area contributed by atoms with Gasteiger partial charge in [-0.3, -0.25) is 4.79 Å². The molecule has 0 spiro atoms. The average Bonchev–Trinajstić information content (AvgIpc) is 2.17. The van der Waals surface area contributed by atoms with Crippen LogP contribution in [0.25, 0.3) is 10.9 Å². The van der Waals surface area contributed by atoms with Gasteiger partial charge in [0.2, 0.25) is 0 Å². The van der Waals surface area contributed by atoms with Gasteiger partial charge in [-0.15, -0.1) is 0 Å². The number of rotatable bonds is 1. The molecule has 2 nitrogen and oxygen atoms in total. The first kappa shape index (κ1) is 10.4. The van der Waals surface area contributed by atoms with Crippen LogP contribution in [0.15, 0.2) is 36.4 Å². The molecule has 2 rings (SSSR count). The third kappa shape index (κ3) is 2.15. The number of benzene rings is 1. The molecule has 3 heteroatoms. The van der Waals surface area contributed by atoms with Crippen LogP contribution >= 0.6 is 0 Å². The maximum atomic E-state index is 10.4. The van der Waals surface area contributed by atoms with Gasteiger partial charge in [0.1, 0.15) is 5.69 Å². The minimum atomic E-state index is 0. The minimum absolute atomic E-state index is 0. The molecular formula is C10H8NNaO. The van der Waals surface area contributed by atoms with Crippen molar-refractivity contribution in [1.82, 2.24) is 4.98 Å². The summed E-state index contributed by atoms with van der Waals surface area (Å²) in [6.45, 7) is 0. The zero-order chi connectivity index (χ0) is 8.39. The van der Waals surface area contributed by atoms with E-state index in [2.05, 4.69) is 4.98 Å². The van der Waals surface area contributed by atoms with Crippen molar-refractivity contribution in [2.24, 2.45) is 0 Å². The molecule has 0 aliphatic carbocycles. The first-order valence-corrected chi connectivity index (χ1v) is 3.71. The summed E-state index contributed by atoms with van der Waals surface area (Å²) in [5.41, 5.74) is 1.34. The van der Waals surface area contributed by atoms with E-state index in [1.165, 1.54) is 0 Å². The van der Waals surface area contributed by atoms with E-state index in [0.29, 0.717) is 5.69 Å². The Hall–Kier alpha value is -0.700. The van der Waals surface area contributed by atoms with E-state index >= 15 is 0 Å². The molecule has 0 radical (unpaired) electrons. The van der Waals surface area contributed by atoms with Crippen molar-refractivity contribution in [2.75, 3.05) is 0 Å². The second-order valence-electron chi connectivity index (χ2n) is 2.55. The van der Waals surface area contributed by atoms with E-state index < -0.39 is 0 Å². The van der Waals surface area contributed by atoms with E-state index in [1.54, 1.807) is 6.07 Å². The van der Waals surface area contributed by atoms with Gasteiger partial charge >= 0.3 is 29.6 Å². The molecule has 0 atom stereocenters. The first-order chi connectivity index (χ1) is 5.90. The van der Waals surface area contributed by atoms with Crippen molar-refractivity contribution in [1.29, 1.82) is 0 Å². The Balaban J connectivity index is 0.000000845. The van der Waals surface area contributed by atoms with Gasteiger partial charge in [-0.25, -0.2) is 4.98 Å². The number of carbonyl (C=O) groups is 1. The van der Waals surface area contributed by atoms with Gasteiger partial charge < -0.3 is 0 Å². The number of pyridine rings is 1. The summed E-state index contributed by atoms with van der Waals surface area (Å²) >= 11 is 0. The summed E-state index contributed by atoms with van der Waals surface area (Å²) in [5, 5.41) is 1.06. The molecule has 0 bridgehead atoms. The van der Waals surface area contributed by atoms with Crippen molar-refractivity contribution in [3.63, 3.8) is 0 Å². The molecule has 0 saturated heterocycles. The van der Waals surface area contributed by atoms with Crippen LogP contribution in [-0.4, -0.2) is 40.8 Å². The van der Waals surface area contributed by atoms with Crippen LogP contribution < -0.4 is 0 Å². The third-order valence-electron chi connectivity index (χ3n) is 1.74. The molecule has 0 amide bonds. The number of aldehydes is 1. The Morgan fingerprint density at radius 1 is 1.08 bits per heavy atom. The summed E-state index contributed by atoms with van der Waals surface area (Å²) < 4.78 is 0. The SMILES string of the molecule is O=Cc1ccc2ccccc2n1.[NaH]. The molecule has 13 heavy (non-hydrogen) atoms. The summed E-state index contributed by atoms with van der Waals surface area (Å²) in [6.07, 6.45) is 0.756. The van der Waals surface area contributed by atoms with Crippen LogP contribution in [0.2, 0.25) is 0 Å². The molecule has 0 saturated carbocycles. The molecule has 1 aromatic heterocycles. The van der Waals surface area contributed by atoms with Crippen molar-refractivity contribution < 1.29 is 4.79 Å². The molecule has 1 heterocycles. The molecule has 60 valence electrons. The van der Waals surface area contributed by atoms with Crippen LogP contribution in [0.1, 0.15) is 10.5 Å². The van der Waals surface area contributed by atoms with E-state index in [4.69, 9.17) is 0 Å². The Bertz CT molecular complexity index is 428. The number of carbonyl (C=O) groups excluding carboxylic acids is 1. The Morgan fingerprint density at radius 3 is 2.62 bits per heavy atom. The molecule has 2 aromatic rings. The monoisotopic (exact) mass is 181 g/mol. The van der Waals surface area contributed by atoms with E-state index in [1.807, 2.05) is 30.3 Å².